The highest BCUT2D eigenvalue weighted by Gasteiger charge is 2.07. The summed E-state index contributed by atoms with van der Waals surface area (Å²) in [5, 5.41) is 6.36. The molecule has 0 unspecified atom stereocenters. The Morgan fingerprint density at radius 3 is 2.78 bits per heavy atom. The van der Waals surface area contributed by atoms with Crippen molar-refractivity contribution in [2.45, 2.75) is 13.3 Å². The Morgan fingerprint density at radius 2 is 2.07 bits per heavy atom. The summed E-state index contributed by atoms with van der Waals surface area (Å²) in [5.74, 6) is 0.269. The number of benzene rings is 2. The van der Waals surface area contributed by atoms with Gasteiger partial charge in [0.1, 0.15) is 5.82 Å². The third kappa shape index (κ3) is 6.45. The van der Waals surface area contributed by atoms with E-state index >= 15 is 0 Å². The molecule has 0 aliphatic rings. The molecule has 0 heterocycles. The van der Waals surface area contributed by atoms with Gasteiger partial charge in [0, 0.05) is 5.56 Å². The summed E-state index contributed by atoms with van der Waals surface area (Å²) in [6.07, 6.45) is 2.34. The molecule has 0 spiro atoms. The average molecular weight is 395 g/mol. The molecule has 0 saturated heterocycles. The Balaban J connectivity index is 1.87. The van der Waals surface area contributed by atoms with E-state index < -0.39 is 11.7 Å². The second-order valence-corrected chi connectivity index (χ2v) is 5.85. The summed E-state index contributed by atoms with van der Waals surface area (Å²) in [6, 6.07) is 8.99. The molecule has 0 aromatic heterocycles. The molecular formula is C19H20ClFN2O4. The molecule has 0 aliphatic heterocycles. The minimum atomic E-state index is -0.486. The zero-order valence-electron chi connectivity index (χ0n) is 15.0. The lowest BCUT2D eigenvalue weighted by atomic mass is 10.2. The molecule has 1 amide bonds. The van der Waals surface area contributed by atoms with Crippen molar-refractivity contribution in [3.63, 3.8) is 0 Å². The first-order chi connectivity index (χ1) is 13.0. The third-order valence-corrected chi connectivity index (χ3v) is 3.64. The van der Waals surface area contributed by atoms with Crippen molar-refractivity contribution in [1.29, 1.82) is 0 Å². The first kappa shape index (κ1) is 20.5. The SMILES string of the molecule is CCCOc1ccc(/C=N\OCC(=O)Nc2ccc(F)cc2Cl)cc1OC. The standard InChI is InChI=1S/C19H20ClFN2O4/c1-3-8-26-17-7-4-13(9-18(17)25-2)11-22-27-12-19(24)23-16-6-5-14(21)10-15(16)20/h4-7,9-11H,3,8,12H2,1-2H3,(H,23,24)/b22-11-. The van der Waals surface area contributed by atoms with Crippen LogP contribution in [0.5, 0.6) is 11.5 Å². The number of rotatable bonds is 9. The highest BCUT2D eigenvalue weighted by molar-refractivity contribution is 6.33. The molecule has 0 fully saturated rings. The van der Waals surface area contributed by atoms with E-state index in [1.807, 2.05) is 6.92 Å². The van der Waals surface area contributed by atoms with E-state index in [1.54, 1.807) is 25.3 Å². The average Bonchev–Trinajstić information content (AvgIpc) is 2.66. The molecule has 2 aromatic carbocycles. The van der Waals surface area contributed by atoms with Crippen LogP contribution in [-0.2, 0) is 9.63 Å². The van der Waals surface area contributed by atoms with Gasteiger partial charge in [-0.3, -0.25) is 4.79 Å². The summed E-state index contributed by atoms with van der Waals surface area (Å²) in [5.41, 5.74) is 1.01. The molecule has 0 bridgehead atoms. The van der Waals surface area contributed by atoms with E-state index in [9.17, 15) is 9.18 Å². The van der Waals surface area contributed by atoms with Crippen molar-refractivity contribution in [1.82, 2.24) is 0 Å². The minimum absolute atomic E-state index is 0.101. The maximum Gasteiger partial charge on any atom is 0.265 e. The number of ether oxygens (including phenoxy) is 2. The molecule has 1 N–H and O–H groups in total. The van der Waals surface area contributed by atoms with Crippen LogP contribution < -0.4 is 14.8 Å². The van der Waals surface area contributed by atoms with Crippen LogP contribution in [0.2, 0.25) is 5.02 Å². The fraction of sp³-hybridized carbons (Fsp3) is 0.263. The van der Waals surface area contributed by atoms with Crippen LogP contribution in [0.1, 0.15) is 18.9 Å². The maximum atomic E-state index is 13.0. The number of anilines is 1. The Kier molecular flexibility index (Phi) is 7.88. The van der Waals surface area contributed by atoms with Crippen molar-refractivity contribution in [2.24, 2.45) is 5.16 Å². The van der Waals surface area contributed by atoms with Gasteiger partial charge in [0.2, 0.25) is 0 Å². The molecule has 2 aromatic rings. The number of hydrogen-bond donors (Lipinski definition) is 1. The van der Waals surface area contributed by atoms with Crippen LogP contribution in [0.3, 0.4) is 0 Å². The van der Waals surface area contributed by atoms with Gasteiger partial charge < -0.3 is 19.6 Å². The molecular weight excluding hydrogens is 375 g/mol. The van der Waals surface area contributed by atoms with Crippen LogP contribution in [0.4, 0.5) is 10.1 Å². The monoisotopic (exact) mass is 394 g/mol. The van der Waals surface area contributed by atoms with Crippen molar-refractivity contribution in [2.75, 3.05) is 25.6 Å². The Bertz CT molecular complexity index is 814. The molecule has 0 aliphatic carbocycles. The van der Waals surface area contributed by atoms with E-state index in [4.69, 9.17) is 25.9 Å². The third-order valence-electron chi connectivity index (χ3n) is 3.33. The molecule has 6 nitrogen and oxygen atoms in total. The molecule has 0 atom stereocenters. The smallest absolute Gasteiger partial charge is 0.265 e. The van der Waals surface area contributed by atoms with Crippen LogP contribution in [0.25, 0.3) is 0 Å². The summed E-state index contributed by atoms with van der Waals surface area (Å²) in [6.45, 7) is 2.30. The number of amides is 1. The molecule has 8 heteroatoms. The lowest BCUT2D eigenvalue weighted by molar-refractivity contribution is -0.120. The Morgan fingerprint density at radius 1 is 1.26 bits per heavy atom. The van der Waals surface area contributed by atoms with E-state index in [0.29, 0.717) is 23.8 Å². The fourth-order valence-corrected chi connectivity index (χ4v) is 2.28. The number of carbonyl (C=O) groups excluding carboxylic acids is 1. The molecule has 27 heavy (non-hydrogen) atoms. The van der Waals surface area contributed by atoms with Gasteiger partial charge in [-0.25, -0.2) is 4.39 Å². The highest BCUT2D eigenvalue weighted by Crippen LogP contribution is 2.27. The highest BCUT2D eigenvalue weighted by atomic mass is 35.5. The van der Waals surface area contributed by atoms with Crippen LogP contribution >= 0.6 is 11.6 Å². The molecule has 144 valence electrons. The number of methoxy groups -OCH3 is 1. The van der Waals surface area contributed by atoms with Gasteiger partial charge in [0.05, 0.1) is 30.6 Å². The number of nitrogens with one attached hydrogen (secondary N) is 1. The number of carbonyl (C=O) groups is 1. The number of oxime groups is 1. The predicted molar refractivity (Wildman–Crippen MR) is 102 cm³/mol. The van der Waals surface area contributed by atoms with Gasteiger partial charge in [-0.1, -0.05) is 23.7 Å². The summed E-state index contributed by atoms with van der Waals surface area (Å²) < 4.78 is 23.8. The van der Waals surface area contributed by atoms with E-state index in [2.05, 4.69) is 10.5 Å². The van der Waals surface area contributed by atoms with Crippen molar-refractivity contribution in [3.8, 4) is 11.5 Å². The predicted octanol–water partition coefficient (Wildman–Crippen LogP) is 4.27. The van der Waals surface area contributed by atoms with E-state index in [-0.39, 0.29) is 11.6 Å². The van der Waals surface area contributed by atoms with E-state index in [0.717, 1.165) is 18.1 Å². The topological polar surface area (TPSA) is 69.2 Å². The van der Waals surface area contributed by atoms with Crippen molar-refractivity contribution in [3.05, 3.63) is 52.8 Å². The lowest BCUT2D eigenvalue weighted by Gasteiger charge is -2.10. The summed E-state index contributed by atoms with van der Waals surface area (Å²) in [7, 11) is 1.55. The first-order valence-corrected chi connectivity index (χ1v) is 8.62. The number of nitrogens with zero attached hydrogens (tertiary/aromatic N) is 1. The number of halogens is 2. The van der Waals surface area contributed by atoms with E-state index in [1.165, 1.54) is 18.3 Å². The summed E-state index contributed by atoms with van der Waals surface area (Å²) in [4.78, 5) is 16.8. The Labute approximate surface area is 161 Å². The van der Waals surface area contributed by atoms with Gasteiger partial charge in [-0.05, 0) is 42.8 Å². The van der Waals surface area contributed by atoms with Gasteiger partial charge >= 0.3 is 0 Å². The second-order valence-electron chi connectivity index (χ2n) is 5.44. The second kappa shape index (κ2) is 10.4. The Hall–Kier alpha value is -2.80. The normalized spacial score (nSPS) is 10.7. The summed E-state index contributed by atoms with van der Waals surface area (Å²) >= 11 is 5.84. The molecule has 0 saturated carbocycles. The van der Waals surface area contributed by atoms with Crippen molar-refractivity contribution < 1.29 is 23.5 Å². The van der Waals surface area contributed by atoms with Gasteiger partial charge in [-0.15, -0.1) is 0 Å². The number of hydrogen-bond acceptors (Lipinski definition) is 5. The largest absolute Gasteiger partial charge is 0.493 e. The van der Waals surface area contributed by atoms with Crippen LogP contribution in [0.15, 0.2) is 41.6 Å². The van der Waals surface area contributed by atoms with Gasteiger partial charge in [-0.2, -0.15) is 0 Å². The van der Waals surface area contributed by atoms with Crippen molar-refractivity contribution >= 4 is 29.4 Å². The molecule has 0 radical (unpaired) electrons. The van der Waals surface area contributed by atoms with Crippen LogP contribution in [-0.4, -0.2) is 32.4 Å². The quantitative estimate of drug-likeness (QED) is 0.509. The fourth-order valence-electron chi connectivity index (χ4n) is 2.07. The maximum absolute atomic E-state index is 13.0. The van der Waals surface area contributed by atoms with Crippen LogP contribution in [0, 0.1) is 5.82 Å². The lowest BCUT2D eigenvalue weighted by Crippen LogP contribution is -2.17. The van der Waals surface area contributed by atoms with Gasteiger partial charge in [0.25, 0.3) is 5.91 Å². The zero-order valence-corrected chi connectivity index (χ0v) is 15.8. The molecule has 2 rings (SSSR count). The first-order valence-electron chi connectivity index (χ1n) is 8.24. The minimum Gasteiger partial charge on any atom is -0.493 e. The zero-order chi connectivity index (χ0) is 19.6. The van der Waals surface area contributed by atoms with Gasteiger partial charge in [0.15, 0.2) is 18.1 Å².